The van der Waals surface area contributed by atoms with Crippen LogP contribution in [-0.2, 0) is 21.5 Å². The van der Waals surface area contributed by atoms with E-state index in [2.05, 4.69) is 36.1 Å². The SMILES string of the molecule is CC(=O)CC1(c2ccc(CN3CCN(C(=O)OC(C)(C)C)C[C@H]3C)cc2)CC1. The van der Waals surface area contributed by atoms with E-state index in [0.717, 1.165) is 25.9 Å². The first kappa shape index (κ1) is 20.8. The van der Waals surface area contributed by atoms with Gasteiger partial charge in [0.25, 0.3) is 0 Å². The summed E-state index contributed by atoms with van der Waals surface area (Å²) in [6.07, 6.45) is 2.69. The van der Waals surface area contributed by atoms with Crippen LogP contribution in [0.4, 0.5) is 4.79 Å². The topological polar surface area (TPSA) is 49.9 Å². The largest absolute Gasteiger partial charge is 0.444 e. The number of piperazine rings is 1. The first-order chi connectivity index (χ1) is 13.1. The standard InChI is InChI=1S/C23H34N2O3/c1-17-15-25(21(27)28-22(3,4)5)13-12-24(17)16-19-6-8-20(9-7-19)23(10-11-23)14-18(2)26/h6-9,17H,10-16H2,1-5H3/t17-/m1/s1. The second kappa shape index (κ2) is 7.86. The van der Waals surface area contributed by atoms with E-state index < -0.39 is 5.60 Å². The number of amides is 1. The first-order valence-corrected chi connectivity index (χ1v) is 10.4. The molecule has 1 saturated carbocycles. The van der Waals surface area contributed by atoms with Gasteiger partial charge < -0.3 is 9.64 Å². The van der Waals surface area contributed by atoms with Crippen molar-refractivity contribution in [3.63, 3.8) is 0 Å². The Labute approximate surface area is 169 Å². The number of rotatable bonds is 5. The predicted molar refractivity (Wildman–Crippen MR) is 110 cm³/mol. The Morgan fingerprint density at radius 1 is 1.14 bits per heavy atom. The summed E-state index contributed by atoms with van der Waals surface area (Å²) in [5.41, 5.74) is 2.23. The molecule has 1 aromatic rings. The molecular formula is C23H34N2O3. The highest BCUT2D eigenvalue weighted by molar-refractivity contribution is 5.78. The molecule has 1 aliphatic heterocycles. The molecule has 1 amide bonds. The fourth-order valence-corrected chi connectivity index (χ4v) is 4.12. The van der Waals surface area contributed by atoms with E-state index in [9.17, 15) is 9.59 Å². The van der Waals surface area contributed by atoms with Crippen molar-refractivity contribution >= 4 is 11.9 Å². The van der Waals surface area contributed by atoms with Crippen LogP contribution >= 0.6 is 0 Å². The molecule has 2 aliphatic rings. The van der Waals surface area contributed by atoms with E-state index in [1.807, 2.05) is 25.7 Å². The van der Waals surface area contributed by atoms with Gasteiger partial charge in [0.15, 0.2) is 0 Å². The number of hydrogen-bond donors (Lipinski definition) is 0. The molecule has 1 atom stereocenters. The van der Waals surface area contributed by atoms with Gasteiger partial charge in [0.1, 0.15) is 11.4 Å². The highest BCUT2D eigenvalue weighted by Gasteiger charge is 2.44. The van der Waals surface area contributed by atoms with Crippen molar-refractivity contribution < 1.29 is 14.3 Å². The van der Waals surface area contributed by atoms with Gasteiger partial charge in [-0.3, -0.25) is 9.69 Å². The number of Topliss-reactive ketones (excluding diaryl/α,β-unsaturated/α-hetero) is 1. The lowest BCUT2D eigenvalue weighted by Gasteiger charge is -2.40. The smallest absolute Gasteiger partial charge is 0.410 e. The third-order valence-electron chi connectivity index (χ3n) is 5.81. The fourth-order valence-electron chi connectivity index (χ4n) is 4.12. The van der Waals surface area contributed by atoms with Gasteiger partial charge in [0, 0.05) is 44.1 Å². The van der Waals surface area contributed by atoms with Gasteiger partial charge in [-0.15, -0.1) is 0 Å². The second-order valence-electron chi connectivity index (χ2n) is 9.60. The Kier molecular flexibility index (Phi) is 5.85. The lowest BCUT2D eigenvalue weighted by atomic mass is 9.90. The minimum Gasteiger partial charge on any atom is -0.444 e. The van der Waals surface area contributed by atoms with Crippen molar-refractivity contribution in [1.82, 2.24) is 9.80 Å². The average molecular weight is 387 g/mol. The van der Waals surface area contributed by atoms with E-state index in [1.165, 1.54) is 11.1 Å². The molecule has 2 fully saturated rings. The zero-order valence-electron chi connectivity index (χ0n) is 18.0. The van der Waals surface area contributed by atoms with Crippen molar-refractivity contribution in [2.45, 2.75) is 77.5 Å². The molecule has 0 spiro atoms. The fraction of sp³-hybridized carbons (Fsp3) is 0.652. The van der Waals surface area contributed by atoms with E-state index in [4.69, 9.17) is 4.74 Å². The molecule has 0 N–H and O–H groups in total. The molecule has 5 heteroatoms. The quantitative estimate of drug-likeness (QED) is 0.763. The number of benzene rings is 1. The molecule has 1 aliphatic carbocycles. The molecule has 154 valence electrons. The van der Waals surface area contributed by atoms with Crippen molar-refractivity contribution in [3.05, 3.63) is 35.4 Å². The number of hydrogen-bond acceptors (Lipinski definition) is 4. The number of nitrogens with zero attached hydrogens (tertiary/aromatic N) is 2. The lowest BCUT2D eigenvalue weighted by molar-refractivity contribution is -0.117. The van der Waals surface area contributed by atoms with Crippen LogP contribution in [0.15, 0.2) is 24.3 Å². The lowest BCUT2D eigenvalue weighted by Crippen LogP contribution is -2.54. The summed E-state index contributed by atoms with van der Waals surface area (Å²) >= 11 is 0. The van der Waals surface area contributed by atoms with Crippen LogP contribution in [0, 0.1) is 0 Å². The maximum atomic E-state index is 12.3. The molecule has 28 heavy (non-hydrogen) atoms. The summed E-state index contributed by atoms with van der Waals surface area (Å²) in [6, 6.07) is 9.08. The van der Waals surface area contributed by atoms with E-state index in [-0.39, 0.29) is 23.3 Å². The van der Waals surface area contributed by atoms with Crippen molar-refractivity contribution in [2.75, 3.05) is 19.6 Å². The molecule has 0 aromatic heterocycles. The molecule has 0 unspecified atom stereocenters. The van der Waals surface area contributed by atoms with E-state index in [0.29, 0.717) is 19.5 Å². The number of carbonyl (C=O) groups excluding carboxylic acids is 2. The van der Waals surface area contributed by atoms with Crippen molar-refractivity contribution in [3.8, 4) is 0 Å². The van der Waals surface area contributed by atoms with Crippen molar-refractivity contribution in [1.29, 1.82) is 0 Å². The summed E-state index contributed by atoms with van der Waals surface area (Å²) in [5, 5.41) is 0. The molecule has 0 bridgehead atoms. The van der Waals surface area contributed by atoms with Gasteiger partial charge in [-0.25, -0.2) is 4.79 Å². The molecule has 1 saturated heterocycles. The Bertz CT molecular complexity index is 716. The first-order valence-electron chi connectivity index (χ1n) is 10.4. The average Bonchev–Trinajstić information content (AvgIpc) is 3.35. The van der Waals surface area contributed by atoms with Gasteiger partial charge in [-0.1, -0.05) is 24.3 Å². The van der Waals surface area contributed by atoms with Crippen LogP contribution in [-0.4, -0.2) is 53.0 Å². The minimum absolute atomic E-state index is 0.108. The van der Waals surface area contributed by atoms with Crippen LogP contribution in [0.5, 0.6) is 0 Å². The summed E-state index contributed by atoms with van der Waals surface area (Å²) in [7, 11) is 0. The van der Waals surface area contributed by atoms with Gasteiger partial charge >= 0.3 is 6.09 Å². The highest BCUT2D eigenvalue weighted by Crippen LogP contribution is 2.51. The number of carbonyl (C=O) groups is 2. The van der Waals surface area contributed by atoms with Gasteiger partial charge in [0.05, 0.1) is 0 Å². The molecule has 5 nitrogen and oxygen atoms in total. The zero-order chi connectivity index (χ0) is 20.5. The van der Waals surface area contributed by atoms with Gasteiger partial charge in [-0.05, 0) is 58.6 Å². The summed E-state index contributed by atoms with van der Waals surface area (Å²) in [5.74, 6) is 0.276. The van der Waals surface area contributed by atoms with E-state index in [1.54, 1.807) is 6.92 Å². The maximum absolute atomic E-state index is 12.3. The summed E-state index contributed by atoms with van der Waals surface area (Å²) in [6.45, 7) is 12.7. The summed E-state index contributed by atoms with van der Waals surface area (Å²) < 4.78 is 5.50. The van der Waals surface area contributed by atoms with Crippen LogP contribution < -0.4 is 0 Å². The highest BCUT2D eigenvalue weighted by atomic mass is 16.6. The predicted octanol–water partition coefficient (Wildman–Crippen LogP) is 4.14. The van der Waals surface area contributed by atoms with Crippen LogP contribution in [0.2, 0.25) is 0 Å². The molecule has 1 heterocycles. The van der Waals surface area contributed by atoms with Gasteiger partial charge in [0.2, 0.25) is 0 Å². The Balaban J connectivity index is 1.55. The van der Waals surface area contributed by atoms with E-state index >= 15 is 0 Å². The Morgan fingerprint density at radius 3 is 2.29 bits per heavy atom. The second-order valence-corrected chi connectivity index (χ2v) is 9.60. The van der Waals surface area contributed by atoms with Crippen LogP contribution in [0.25, 0.3) is 0 Å². The monoisotopic (exact) mass is 386 g/mol. The Morgan fingerprint density at radius 2 is 1.79 bits per heavy atom. The van der Waals surface area contributed by atoms with Crippen LogP contribution in [0.1, 0.15) is 65.0 Å². The van der Waals surface area contributed by atoms with Crippen LogP contribution in [0.3, 0.4) is 0 Å². The molecule has 0 radical (unpaired) electrons. The molecule has 1 aromatic carbocycles. The third kappa shape index (κ3) is 5.13. The van der Waals surface area contributed by atoms with Crippen molar-refractivity contribution in [2.24, 2.45) is 0 Å². The summed E-state index contributed by atoms with van der Waals surface area (Å²) in [4.78, 5) is 28.1. The number of ether oxygens (including phenoxy) is 1. The molecular weight excluding hydrogens is 352 g/mol. The number of ketones is 1. The van der Waals surface area contributed by atoms with Gasteiger partial charge in [-0.2, -0.15) is 0 Å². The third-order valence-corrected chi connectivity index (χ3v) is 5.81. The zero-order valence-corrected chi connectivity index (χ0v) is 18.0. The minimum atomic E-state index is -0.458. The Hall–Kier alpha value is -1.88. The molecule has 3 rings (SSSR count). The normalized spacial score (nSPS) is 22.0. The maximum Gasteiger partial charge on any atom is 0.410 e.